The summed E-state index contributed by atoms with van der Waals surface area (Å²) in [4.78, 5) is 21.5. The summed E-state index contributed by atoms with van der Waals surface area (Å²) in [6, 6.07) is 4.74. The second kappa shape index (κ2) is 7.07. The number of aryl methyl sites for hydroxylation is 1. The van der Waals surface area contributed by atoms with Crippen LogP contribution in [0.1, 0.15) is 31.8 Å². The SMILES string of the molecule is Cc1nc(C(C)(C)NC(=O)[C@@H](C=N)[C@@H]2CCNC2)c2cccc(F)c2n1. The van der Waals surface area contributed by atoms with Crippen molar-refractivity contribution >= 4 is 23.0 Å². The highest BCUT2D eigenvalue weighted by Gasteiger charge is 2.34. The Morgan fingerprint density at radius 2 is 2.23 bits per heavy atom. The van der Waals surface area contributed by atoms with Gasteiger partial charge in [-0.3, -0.25) is 4.79 Å². The van der Waals surface area contributed by atoms with E-state index in [0.717, 1.165) is 19.5 Å². The number of rotatable bonds is 5. The molecule has 1 aliphatic rings. The minimum Gasteiger partial charge on any atom is -0.345 e. The third-order valence-electron chi connectivity index (χ3n) is 4.91. The second-order valence-corrected chi connectivity index (χ2v) is 7.32. The number of hydrogen-bond acceptors (Lipinski definition) is 5. The molecular weight excluding hydrogens is 333 g/mol. The van der Waals surface area contributed by atoms with Gasteiger partial charge in [-0.2, -0.15) is 0 Å². The van der Waals surface area contributed by atoms with Crippen LogP contribution in [0.4, 0.5) is 4.39 Å². The van der Waals surface area contributed by atoms with Crippen molar-refractivity contribution in [1.82, 2.24) is 20.6 Å². The maximum absolute atomic E-state index is 14.2. The number of nitrogens with zero attached hydrogens (tertiary/aromatic N) is 2. The normalized spacial score (nSPS) is 18.7. The number of hydrogen-bond donors (Lipinski definition) is 3. The first-order chi connectivity index (χ1) is 12.3. The number of halogens is 1. The van der Waals surface area contributed by atoms with Crippen molar-refractivity contribution in [1.29, 1.82) is 5.41 Å². The fourth-order valence-corrected chi connectivity index (χ4v) is 3.57. The molecule has 1 saturated heterocycles. The lowest BCUT2D eigenvalue weighted by molar-refractivity contribution is -0.125. The Morgan fingerprint density at radius 3 is 2.88 bits per heavy atom. The first kappa shape index (κ1) is 18.4. The Labute approximate surface area is 152 Å². The van der Waals surface area contributed by atoms with Crippen molar-refractivity contribution in [2.45, 2.75) is 32.7 Å². The summed E-state index contributed by atoms with van der Waals surface area (Å²) >= 11 is 0. The number of amides is 1. The monoisotopic (exact) mass is 357 g/mol. The van der Waals surface area contributed by atoms with Crippen molar-refractivity contribution in [3.8, 4) is 0 Å². The van der Waals surface area contributed by atoms with Gasteiger partial charge in [0.25, 0.3) is 0 Å². The number of aromatic nitrogens is 2. The topological polar surface area (TPSA) is 90.8 Å². The van der Waals surface area contributed by atoms with Gasteiger partial charge in [-0.25, -0.2) is 14.4 Å². The van der Waals surface area contributed by atoms with Gasteiger partial charge >= 0.3 is 0 Å². The summed E-state index contributed by atoms with van der Waals surface area (Å²) < 4.78 is 14.2. The van der Waals surface area contributed by atoms with Crippen LogP contribution in [0, 0.1) is 30.0 Å². The van der Waals surface area contributed by atoms with Gasteiger partial charge in [-0.05, 0) is 52.3 Å². The summed E-state index contributed by atoms with van der Waals surface area (Å²) in [5.41, 5.74) is -0.00791. The fourth-order valence-electron chi connectivity index (χ4n) is 3.57. The molecule has 138 valence electrons. The molecule has 0 radical (unpaired) electrons. The minimum absolute atomic E-state index is 0.115. The molecule has 2 atom stereocenters. The van der Waals surface area contributed by atoms with Gasteiger partial charge in [0.15, 0.2) is 0 Å². The molecule has 0 saturated carbocycles. The highest BCUT2D eigenvalue weighted by molar-refractivity contribution is 5.94. The quantitative estimate of drug-likeness (QED) is 0.716. The lowest BCUT2D eigenvalue weighted by Gasteiger charge is -2.30. The van der Waals surface area contributed by atoms with Crippen LogP contribution in [0.15, 0.2) is 18.2 Å². The van der Waals surface area contributed by atoms with Crippen molar-refractivity contribution in [2.75, 3.05) is 13.1 Å². The van der Waals surface area contributed by atoms with Crippen molar-refractivity contribution in [3.05, 3.63) is 35.5 Å². The van der Waals surface area contributed by atoms with E-state index in [4.69, 9.17) is 5.41 Å². The van der Waals surface area contributed by atoms with E-state index in [9.17, 15) is 9.18 Å². The number of carbonyl (C=O) groups excluding carboxylic acids is 1. The third-order valence-corrected chi connectivity index (χ3v) is 4.91. The fraction of sp³-hybridized carbons (Fsp3) is 0.474. The van der Waals surface area contributed by atoms with Gasteiger partial charge in [-0.1, -0.05) is 12.1 Å². The van der Waals surface area contributed by atoms with E-state index in [2.05, 4.69) is 20.6 Å². The van der Waals surface area contributed by atoms with Gasteiger partial charge in [0, 0.05) is 11.6 Å². The van der Waals surface area contributed by atoms with Gasteiger partial charge in [0.2, 0.25) is 5.91 Å². The van der Waals surface area contributed by atoms with Crippen LogP contribution < -0.4 is 10.6 Å². The summed E-state index contributed by atoms with van der Waals surface area (Å²) in [7, 11) is 0. The van der Waals surface area contributed by atoms with Crippen LogP contribution in [-0.4, -0.2) is 35.2 Å². The Balaban J connectivity index is 1.95. The number of para-hydroxylation sites is 1. The lowest BCUT2D eigenvalue weighted by Crippen LogP contribution is -2.47. The summed E-state index contributed by atoms with van der Waals surface area (Å²) in [5, 5.41) is 14.5. The Morgan fingerprint density at radius 1 is 1.46 bits per heavy atom. The second-order valence-electron chi connectivity index (χ2n) is 7.32. The highest BCUT2D eigenvalue weighted by atomic mass is 19.1. The van der Waals surface area contributed by atoms with Crippen LogP contribution in [-0.2, 0) is 10.3 Å². The van der Waals surface area contributed by atoms with E-state index in [-0.39, 0.29) is 17.3 Å². The summed E-state index contributed by atoms with van der Waals surface area (Å²) in [5.74, 6) is -0.548. The van der Waals surface area contributed by atoms with Crippen molar-refractivity contribution in [2.24, 2.45) is 11.8 Å². The molecule has 0 bridgehead atoms. The molecule has 1 aromatic carbocycles. The highest BCUT2D eigenvalue weighted by Crippen LogP contribution is 2.28. The molecule has 3 rings (SSSR count). The first-order valence-corrected chi connectivity index (χ1v) is 8.80. The van der Waals surface area contributed by atoms with Gasteiger partial charge in [0.05, 0.1) is 17.2 Å². The molecule has 0 unspecified atom stereocenters. The molecular formula is C19H24FN5O. The van der Waals surface area contributed by atoms with E-state index < -0.39 is 17.3 Å². The van der Waals surface area contributed by atoms with E-state index >= 15 is 0 Å². The zero-order chi connectivity index (χ0) is 18.9. The van der Waals surface area contributed by atoms with E-state index in [1.54, 1.807) is 19.1 Å². The number of benzene rings is 1. The smallest absolute Gasteiger partial charge is 0.229 e. The lowest BCUT2D eigenvalue weighted by atomic mass is 9.89. The number of nitrogens with one attached hydrogen (secondary N) is 3. The molecule has 2 heterocycles. The molecule has 3 N–H and O–H groups in total. The minimum atomic E-state index is -0.829. The zero-order valence-corrected chi connectivity index (χ0v) is 15.3. The van der Waals surface area contributed by atoms with E-state index in [0.29, 0.717) is 16.9 Å². The van der Waals surface area contributed by atoms with E-state index in [1.165, 1.54) is 12.3 Å². The summed E-state index contributed by atoms with van der Waals surface area (Å²) in [6.45, 7) is 6.98. The standard InChI is InChI=1S/C19H24FN5O/c1-11-23-16-13(5-4-6-15(16)20)17(24-11)19(2,3)25-18(26)14(9-21)12-7-8-22-10-12/h4-6,9,12,14,21-22H,7-8,10H2,1-3H3,(H,25,26)/t12-,14+/m1/s1. The molecule has 1 fully saturated rings. The molecule has 7 heteroatoms. The number of fused-ring (bicyclic) bond motifs is 1. The predicted octanol–water partition coefficient (Wildman–Crippen LogP) is 2.30. The molecule has 26 heavy (non-hydrogen) atoms. The average Bonchev–Trinajstić information content (AvgIpc) is 3.09. The first-order valence-electron chi connectivity index (χ1n) is 8.80. The molecule has 0 aliphatic carbocycles. The molecule has 1 amide bonds. The van der Waals surface area contributed by atoms with Gasteiger partial charge < -0.3 is 16.0 Å². The Bertz CT molecular complexity index is 845. The largest absolute Gasteiger partial charge is 0.345 e. The summed E-state index contributed by atoms with van der Waals surface area (Å²) in [6.07, 6.45) is 2.08. The van der Waals surface area contributed by atoms with Crippen LogP contribution in [0.25, 0.3) is 10.9 Å². The molecule has 0 spiro atoms. The predicted molar refractivity (Wildman–Crippen MR) is 98.7 cm³/mol. The molecule has 2 aromatic rings. The van der Waals surface area contributed by atoms with Crippen LogP contribution in [0.2, 0.25) is 0 Å². The molecule has 6 nitrogen and oxygen atoms in total. The van der Waals surface area contributed by atoms with Gasteiger partial charge in [-0.15, -0.1) is 0 Å². The third kappa shape index (κ3) is 3.44. The maximum atomic E-state index is 14.2. The van der Waals surface area contributed by atoms with Crippen molar-refractivity contribution < 1.29 is 9.18 Å². The molecule has 1 aliphatic heterocycles. The average molecular weight is 357 g/mol. The Hall–Kier alpha value is -2.41. The molecule has 1 aromatic heterocycles. The van der Waals surface area contributed by atoms with Gasteiger partial charge in [0.1, 0.15) is 17.2 Å². The van der Waals surface area contributed by atoms with Crippen molar-refractivity contribution in [3.63, 3.8) is 0 Å². The maximum Gasteiger partial charge on any atom is 0.229 e. The number of carbonyl (C=O) groups is 1. The van der Waals surface area contributed by atoms with Crippen LogP contribution in [0.5, 0.6) is 0 Å². The zero-order valence-electron chi connectivity index (χ0n) is 15.3. The Kier molecular flexibility index (Phi) is 5.00. The van der Waals surface area contributed by atoms with Crippen LogP contribution >= 0.6 is 0 Å². The van der Waals surface area contributed by atoms with E-state index in [1.807, 2.05) is 13.8 Å². The van der Waals surface area contributed by atoms with Crippen LogP contribution in [0.3, 0.4) is 0 Å².